The van der Waals surface area contributed by atoms with E-state index >= 15 is 0 Å². The molecule has 5 N–H and O–H groups in total. The van der Waals surface area contributed by atoms with E-state index in [0.29, 0.717) is 16.8 Å². The largest absolute Gasteiger partial charge is 0.507 e. The molecule has 0 atom stereocenters. The van der Waals surface area contributed by atoms with Crippen molar-refractivity contribution in [1.29, 1.82) is 10.7 Å². The van der Waals surface area contributed by atoms with E-state index in [0.717, 1.165) is 6.07 Å². The summed E-state index contributed by atoms with van der Waals surface area (Å²) in [6.45, 7) is 1.27. The molecule has 0 heterocycles. The van der Waals surface area contributed by atoms with Gasteiger partial charge in [-0.3, -0.25) is 19.9 Å². The number of benzene rings is 3. The molecule has 12 heteroatoms. The van der Waals surface area contributed by atoms with Crippen molar-refractivity contribution in [2.45, 2.75) is 6.92 Å². The SMILES string of the molecule is COC(=O)N(C)c1ccc(-c2cc(C(=N)C(=O)Nc3ccc(C#N)cc3C(=O)O)c(O)cc2NC(C)=O)cc1. The molecular formula is C27H23N5O7. The number of methoxy groups -OCH3 is 1. The molecule has 3 amide bonds. The topological polar surface area (TPSA) is 193 Å². The molecule has 0 radical (unpaired) electrons. The van der Waals surface area contributed by atoms with Crippen LogP contribution in [-0.2, 0) is 14.3 Å². The third kappa shape index (κ3) is 6.17. The zero-order valence-corrected chi connectivity index (χ0v) is 21.0. The van der Waals surface area contributed by atoms with Gasteiger partial charge in [-0.2, -0.15) is 5.26 Å². The number of carbonyl (C=O) groups excluding carboxylic acids is 3. The minimum absolute atomic E-state index is 0.0696. The van der Waals surface area contributed by atoms with E-state index in [9.17, 15) is 29.4 Å². The number of hydrogen-bond donors (Lipinski definition) is 5. The molecule has 0 saturated heterocycles. The van der Waals surface area contributed by atoms with Crippen molar-refractivity contribution in [3.8, 4) is 22.9 Å². The Hall–Kier alpha value is -5.70. The molecule has 0 spiro atoms. The Bertz CT molecular complexity index is 1540. The van der Waals surface area contributed by atoms with E-state index < -0.39 is 35.3 Å². The second-order valence-corrected chi connectivity index (χ2v) is 8.18. The number of carboxylic acids is 1. The number of nitrogens with one attached hydrogen (secondary N) is 3. The number of aromatic carboxylic acids is 1. The predicted octanol–water partition coefficient (Wildman–Crippen LogP) is 3.80. The Morgan fingerprint density at radius 1 is 0.974 bits per heavy atom. The van der Waals surface area contributed by atoms with E-state index in [1.165, 1.54) is 50.2 Å². The normalized spacial score (nSPS) is 10.1. The number of nitrogens with zero attached hydrogens (tertiary/aromatic N) is 2. The lowest BCUT2D eigenvalue weighted by molar-refractivity contribution is -0.114. The number of carbonyl (C=O) groups is 4. The summed E-state index contributed by atoms with van der Waals surface area (Å²) < 4.78 is 4.70. The zero-order valence-electron chi connectivity index (χ0n) is 21.0. The van der Waals surface area contributed by atoms with Crippen LogP contribution in [0.25, 0.3) is 11.1 Å². The van der Waals surface area contributed by atoms with Crippen LogP contribution in [0.2, 0.25) is 0 Å². The van der Waals surface area contributed by atoms with Gasteiger partial charge in [0.25, 0.3) is 5.91 Å². The van der Waals surface area contributed by atoms with Gasteiger partial charge in [-0.15, -0.1) is 0 Å². The molecule has 0 aliphatic heterocycles. The molecule has 0 unspecified atom stereocenters. The molecule has 0 saturated carbocycles. The van der Waals surface area contributed by atoms with Crippen LogP contribution < -0.4 is 15.5 Å². The Balaban J connectivity index is 2.01. The number of nitriles is 1. The summed E-state index contributed by atoms with van der Waals surface area (Å²) in [5.41, 5.74) is 0.279. The number of aromatic hydroxyl groups is 1. The summed E-state index contributed by atoms with van der Waals surface area (Å²) in [6.07, 6.45) is -0.582. The predicted molar refractivity (Wildman–Crippen MR) is 142 cm³/mol. The first-order valence-corrected chi connectivity index (χ1v) is 11.2. The average Bonchev–Trinajstić information content (AvgIpc) is 2.91. The molecule has 198 valence electrons. The van der Waals surface area contributed by atoms with Crippen LogP contribution >= 0.6 is 0 Å². The van der Waals surface area contributed by atoms with Gasteiger partial charge in [0.05, 0.1) is 35.7 Å². The van der Waals surface area contributed by atoms with Crippen molar-refractivity contribution in [2.24, 2.45) is 0 Å². The van der Waals surface area contributed by atoms with Crippen LogP contribution in [0.1, 0.15) is 28.4 Å². The molecule has 0 aliphatic rings. The lowest BCUT2D eigenvalue weighted by Crippen LogP contribution is -2.25. The maximum atomic E-state index is 12.9. The first-order chi connectivity index (χ1) is 18.5. The molecule has 0 aromatic heterocycles. The van der Waals surface area contributed by atoms with Crippen LogP contribution in [0.5, 0.6) is 5.75 Å². The first-order valence-electron chi connectivity index (χ1n) is 11.2. The highest BCUT2D eigenvalue weighted by Gasteiger charge is 2.22. The van der Waals surface area contributed by atoms with E-state index in [4.69, 9.17) is 15.4 Å². The summed E-state index contributed by atoms with van der Waals surface area (Å²) in [5, 5.41) is 42.4. The number of phenolic OH excluding ortho intramolecular Hbond substituents is 1. The third-order valence-corrected chi connectivity index (χ3v) is 5.58. The Labute approximate surface area is 222 Å². The number of hydrogen-bond acceptors (Lipinski definition) is 8. The van der Waals surface area contributed by atoms with Gasteiger partial charge in [-0.05, 0) is 42.0 Å². The molecule has 0 fully saturated rings. The van der Waals surface area contributed by atoms with E-state index in [-0.39, 0.29) is 28.1 Å². The lowest BCUT2D eigenvalue weighted by atomic mass is 9.97. The molecule has 0 aliphatic carbocycles. The first kappa shape index (κ1) is 27.9. The highest BCUT2D eigenvalue weighted by atomic mass is 16.5. The molecule has 39 heavy (non-hydrogen) atoms. The van der Waals surface area contributed by atoms with Crippen molar-refractivity contribution in [1.82, 2.24) is 0 Å². The summed E-state index contributed by atoms with van der Waals surface area (Å²) in [6, 6.07) is 14.5. The smallest absolute Gasteiger partial charge is 0.413 e. The van der Waals surface area contributed by atoms with Crippen molar-refractivity contribution in [3.05, 3.63) is 71.3 Å². The van der Waals surface area contributed by atoms with Crippen LogP contribution in [0.15, 0.2) is 54.6 Å². The summed E-state index contributed by atoms with van der Waals surface area (Å²) >= 11 is 0. The minimum atomic E-state index is -1.39. The summed E-state index contributed by atoms with van der Waals surface area (Å²) in [5.74, 6) is -3.32. The average molecular weight is 530 g/mol. The highest BCUT2D eigenvalue weighted by Crippen LogP contribution is 2.35. The van der Waals surface area contributed by atoms with Gasteiger partial charge in [0, 0.05) is 36.9 Å². The van der Waals surface area contributed by atoms with Crippen LogP contribution in [0, 0.1) is 16.7 Å². The fourth-order valence-electron chi connectivity index (χ4n) is 3.63. The molecule has 3 aromatic carbocycles. The molecule has 0 bridgehead atoms. The Morgan fingerprint density at radius 3 is 2.21 bits per heavy atom. The molecule has 3 aromatic rings. The van der Waals surface area contributed by atoms with Gasteiger partial charge in [-0.25, -0.2) is 9.59 Å². The number of amides is 3. The number of phenols is 1. The van der Waals surface area contributed by atoms with Gasteiger partial charge in [0.15, 0.2) is 0 Å². The Kier molecular flexibility index (Phi) is 8.27. The van der Waals surface area contributed by atoms with Crippen molar-refractivity contribution >= 4 is 46.7 Å². The maximum Gasteiger partial charge on any atom is 0.413 e. The molecule has 12 nitrogen and oxygen atoms in total. The van der Waals surface area contributed by atoms with Gasteiger partial charge in [0.1, 0.15) is 11.5 Å². The monoisotopic (exact) mass is 529 g/mol. The molecular weight excluding hydrogens is 506 g/mol. The van der Waals surface area contributed by atoms with E-state index in [2.05, 4.69) is 10.6 Å². The number of ether oxygens (including phenoxy) is 1. The van der Waals surface area contributed by atoms with Crippen LogP contribution in [0.4, 0.5) is 21.9 Å². The van der Waals surface area contributed by atoms with Crippen molar-refractivity contribution < 1.29 is 34.1 Å². The van der Waals surface area contributed by atoms with Gasteiger partial charge >= 0.3 is 12.1 Å². The fraction of sp³-hybridized carbons (Fsp3) is 0.111. The lowest BCUT2D eigenvalue weighted by Gasteiger charge is -2.18. The second kappa shape index (κ2) is 11.6. The summed E-state index contributed by atoms with van der Waals surface area (Å²) in [4.78, 5) is 49.4. The number of carboxylic acid groups (broad SMARTS) is 1. The van der Waals surface area contributed by atoms with Crippen molar-refractivity contribution in [3.63, 3.8) is 0 Å². The van der Waals surface area contributed by atoms with E-state index in [1.807, 2.05) is 6.07 Å². The standard InChI is InChI=1S/C27H23N5O7/c1-14(33)30-22-12-23(34)20(11-18(22)16-5-7-17(8-6-16)32(2)27(38)39-3)24(29)25(35)31-21-9-4-15(13-28)10-19(21)26(36)37/h4-12,29,34H,1-3H3,(H,30,33)(H,31,35)(H,36,37). The second-order valence-electron chi connectivity index (χ2n) is 8.18. The molecule has 3 rings (SSSR count). The van der Waals surface area contributed by atoms with Gasteiger partial charge < -0.3 is 25.6 Å². The van der Waals surface area contributed by atoms with Crippen LogP contribution in [-0.4, -0.2) is 54.0 Å². The number of rotatable bonds is 7. The fourth-order valence-corrected chi connectivity index (χ4v) is 3.63. The van der Waals surface area contributed by atoms with Crippen molar-refractivity contribution in [2.75, 3.05) is 29.7 Å². The van der Waals surface area contributed by atoms with E-state index in [1.54, 1.807) is 24.3 Å². The van der Waals surface area contributed by atoms with Gasteiger partial charge in [-0.1, -0.05) is 12.1 Å². The van der Waals surface area contributed by atoms with Gasteiger partial charge in [0.2, 0.25) is 5.91 Å². The maximum absolute atomic E-state index is 12.9. The Morgan fingerprint density at radius 2 is 1.64 bits per heavy atom. The van der Waals surface area contributed by atoms with Crippen LogP contribution in [0.3, 0.4) is 0 Å². The quantitative estimate of drug-likeness (QED) is 0.285. The zero-order chi connectivity index (χ0) is 28.9. The minimum Gasteiger partial charge on any atom is -0.507 e. The highest BCUT2D eigenvalue weighted by molar-refractivity contribution is 6.48. The number of anilines is 3. The third-order valence-electron chi connectivity index (χ3n) is 5.58. The summed E-state index contributed by atoms with van der Waals surface area (Å²) in [7, 11) is 2.77.